The Labute approximate surface area is 172 Å². The van der Waals surface area contributed by atoms with E-state index < -0.39 is 0 Å². The van der Waals surface area contributed by atoms with Crippen LogP contribution in [0.2, 0.25) is 0 Å². The van der Waals surface area contributed by atoms with E-state index >= 15 is 0 Å². The van der Waals surface area contributed by atoms with E-state index in [2.05, 4.69) is 46.4 Å². The van der Waals surface area contributed by atoms with Crippen LogP contribution in [-0.2, 0) is 6.54 Å². The van der Waals surface area contributed by atoms with Crippen LogP contribution in [0.4, 0.5) is 17.2 Å². The first-order valence-corrected chi connectivity index (χ1v) is 9.67. The molecule has 6 heteroatoms. The molecule has 1 amide bonds. The zero-order valence-corrected chi connectivity index (χ0v) is 17.3. The predicted octanol–water partition coefficient (Wildman–Crippen LogP) is 4.21. The summed E-state index contributed by atoms with van der Waals surface area (Å²) in [7, 11) is 3.95. The third kappa shape index (κ3) is 5.31. The van der Waals surface area contributed by atoms with Gasteiger partial charge in [0.05, 0.1) is 0 Å². The van der Waals surface area contributed by atoms with Gasteiger partial charge >= 0.3 is 0 Å². The van der Waals surface area contributed by atoms with Crippen molar-refractivity contribution in [2.24, 2.45) is 0 Å². The molecular formula is C23H27N5O. The van der Waals surface area contributed by atoms with Gasteiger partial charge < -0.3 is 15.1 Å². The van der Waals surface area contributed by atoms with Crippen LogP contribution in [0.1, 0.15) is 29.9 Å². The van der Waals surface area contributed by atoms with Crippen LogP contribution in [0.5, 0.6) is 0 Å². The van der Waals surface area contributed by atoms with Crippen molar-refractivity contribution in [3.8, 4) is 0 Å². The summed E-state index contributed by atoms with van der Waals surface area (Å²) in [4.78, 5) is 16.7. The Morgan fingerprint density at radius 2 is 1.62 bits per heavy atom. The first kappa shape index (κ1) is 20.3. The number of hydrogen-bond acceptors (Lipinski definition) is 5. The molecule has 0 saturated carbocycles. The molecule has 6 nitrogen and oxygen atoms in total. The van der Waals surface area contributed by atoms with Crippen molar-refractivity contribution in [2.45, 2.75) is 26.4 Å². The van der Waals surface area contributed by atoms with Gasteiger partial charge in [-0.05, 0) is 55.8 Å². The molecule has 0 aliphatic rings. The summed E-state index contributed by atoms with van der Waals surface area (Å²) in [6.45, 7) is 4.96. The number of rotatable bonds is 7. The number of carbonyl (C=O) groups excluding carboxylic acids is 1. The van der Waals surface area contributed by atoms with Gasteiger partial charge in [-0.15, -0.1) is 10.2 Å². The maximum absolute atomic E-state index is 12.5. The molecule has 0 spiro atoms. The monoisotopic (exact) mass is 389 g/mol. The van der Waals surface area contributed by atoms with E-state index in [-0.39, 0.29) is 17.6 Å². The SMILES string of the molecule is CC(C)N(Cc1ccccc1)c1ccc(C(=O)Nc2ccc(N(C)C)cc2)nn1. The zero-order chi connectivity index (χ0) is 20.8. The summed E-state index contributed by atoms with van der Waals surface area (Å²) < 4.78 is 0. The molecule has 0 saturated heterocycles. The number of nitrogens with zero attached hydrogens (tertiary/aromatic N) is 4. The van der Waals surface area contributed by atoms with E-state index in [0.717, 1.165) is 23.7 Å². The van der Waals surface area contributed by atoms with Gasteiger partial charge in [0.15, 0.2) is 11.5 Å². The van der Waals surface area contributed by atoms with Crippen molar-refractivity contribution in [3.63, 3.8) is 0 Å². The van der Waals surface area contributed by atoms with Crippen molar-refractivity contribution in [3.05, 3.63) is 78.0 Å². The van der Waals surface area contributed by atoms with Gasteiger partial charge in [-0.3, -0.25) is 4.79 Å². The molecule has 3 rings (SSSR count). The lowest BCUT2D eigenvalue weighted by Crippen LogP contribution is -2.31. The number of aromatic nitrogens is 2. The van der Waals surface area contributed by atoms with Gasteiger partial charge in [0.25, 0.3) is 5.91 Å². The Hall–Kier alpha value is -3.41. The van der Waals surface area contributed by atoms with Crippen LogP contribution in [0.3, 0.4) is 0 Å². The first-order valence-electron chi connectivity index (χ1n) is 9.67. The molecule has 0 bridgehead atoms. The Balaban J connectivity index is 1.70. The molecular weight excluding hydrogens is 362 g/mol. The van der Waals surface area contributed by atoms with Crippen LogP contribution in [0.25, 0.3) is 0 Å². The Kier molecular flexibility index (Phi) is 6.44. The van der Waals surface area contributed by atoms with E-state index in [0.29, 0.717) is 0 Å². The second-order valence-corrected chi connectivity index (χ2v) is 7.38. The van der Waals surface area contributed by atoms with Crippen LogP contribution in [0.15, 0.2) is 66.7 Å². The minimum Gasteiger partial charge on any atom is -0.378 e. The van der Waals surface area contributed by atoms with Crippen molar-refractivity contribution in [2.75, 3.05) is 29.2 Å². The van der Waals surface area contributed by atoms with Gasteiger partial charge in [0.2, 0.25) is 0 Å². The minimum atomic E-state index is -0.277. The lowest BCUT2D eigenvalue weighted by atomic mass is 10.2. The van der Waals surface area contributed by atoms with Crippen LogP contribution in [0, 0.1) is 0 Å². The highest BCUT2D eigenvalue weighted by atomic mass is 16.1. The lowest BCUT2D eigenvalue weighted by molar-refractivity contribution is 0.102. The second-order valence-electron chi connectivity index (χ2n) is 7.38. The molecule has 29 heavy (non-hydrogen) atoms. The average molecular weight is 390 g/mol. The summed E-state index contributed by atoms with van der Waals surface area (Å²) in [5, 5.41) is 11.3. The Morgan fingerprint density at radius 3 is 2.17 bits per heavy atom. The highest BCUT2D eigenvalue weighted by Gasteiger charge is 2.15. The molecule has 0 aliphatic carbocycles. The average Bonchev–Trinajstić information content (AvgIpc) is 2.73. The van der Waals surface area contributed by atoms with Gasteiger partial charge in [-0.2, -0.15) is 0 Å². The van der Waals surface area contributed by atoms with Gasteiger partial charge in [0, 0.05) is 38.1 Å². The summed E-state index contributed by atoms with van der Waals surface area (Å²) in [5.74, 6) is 0.469. The molecule has 1 N–H and O–H groups in total. The number of hydrogen-bond donors (Lipinski definition) is 1. The summed E-state index contributed by atoms with van der Waals surface area (Å²) in [5.41, 5.74) is 3.28. The van der Waals surface area contributed by atoms with Gasteiger partial charge in [0.1, 0.15) is 0 Å². The fourth-order valence-electron chi connectivity index (χ4n) is 2.95. The lowest BCUT2D eigenvalue weighted by Gasteiger charge is -2.27. The van der Waals surface area contributed by atoms with Crippen LogP contribution < -0.4 is 15.1 Å². The van der Waals surface area contributed by atoms with Crippen molar-refractivity contribution < 1.29 is 4.79 Å². The topological polar surface area (TPSA) is 61.4 Å². The summed E-state index contributed by atoms with van der Waals surface area (Å²) >= 11 is 0. The fourth-order valence-corrected chi connectivity index (χ4v) is 2.95. The molecule has 1 aromatic heterocycles. The maximum atomic E-state index is 12.5. The second kappa shape index (κ2) is 9.19. The first-order chi connectivity index (χ1) is 13.9. The third-order valence-corrected chi connectivity index (χ3v) is 4.64. The number of carbonyl (C=O) groups is 1. The minimum absolute atomic E-state index is 0.249. The molecule has 0 atom stereocenters. The van der Waals surface area contributed by atoms with Crippen molar-refractivity contribution >= 4 is 23.1 Å². The van der Waals surface area contributed by atoms with Crippen LogP contribution >= 0.6 is 0 Å². The van der Waals surface area contributed by atoms with E-state index in [4.69, 9.17) is 0 Å². The van der Waals surface area contributed by atoms with E-state index in [1.807, 2.05) is 67.5 Å². The van der Waals surface area contributed by atoms with E-state index in [1.54, 1.807) is 6.07 Å². The smallest absolute Gasteiger partial charge is 0.276 e. The summed E-state index contributed by atoms with van der Waals surface area (Å²) in [6.07, 6.45) is 0. The third-order valence-electron chi connectivity index (χ3n) is 4.64. The zero-order valence-electron chi connectivity index (χ0n) is 17.3. The standard InChI is InChI=1S/C23H27N5O/c1-17(2)28(16-18-8-6-5-7-9-18)22-15-14-21(25-26-22)23(29)24-19-10-12-20(13-11-19)27(3)4/h5-15,17H,16H2,1-4H3,(H,24,29). The highest BCUT2D eigenvalue weighted by molar-refractivity contribution is 6.02. The molecule has 0 radical (unpaired) electrons. The number of anilines is 3. The highest BCUT2D eigenvalue weighted by Crippen LogP contribution is 2.19. The predicted molar refractivity (Wildman–Crippen MR) is 119 cm³/mol. The van der Waals surface area contributed by atoms with Crippen molar-refractivity contribution in [1.82, 2.24) is 10.2 Å². The summed E-state index contributed by atoms with van der Waals surface area (Å²) in [6, 6.07) is 21.7. The number of nitrogens with one attached hydrogen (secondary N) is 1. The molecule has 0 fully saturated rings. The Morgan fingerprint density at radius 1 is 0.931 bits per heavy atom. The Bertz CT molecular complexity index is 922. The molecule has 1 heterocycles. The van der Waals surface area contributed by atoms with Gasteiger partial charge in [-0.25, -0.2) is 0 Å². The normalized spacial score (nSPS) is 10.7. The molecule has 0 aliphatic heterocycles. The van der Waals surface area contributed by atoms with E-state index in [9.17, 15) is 4.79 Å². The fraction of sp³-hybridized carbons (Fsp3) is 0.261. The van der Waals surface area contributed by atoms with Crippen molar-refractivity contribution in [1.29, 1.82) is 0 Å². The van der Waals surface area contributed by atoms with E-state index in [1.165, 1.54) is 5.56 Å². The largest absolute Gasteiger partial charge is 0.378 e. The number of benzene rings is 2. The number of amides is 1. The maximum Gasteiger partial charge on any atom is 0.276 e. The van der Waals surface area contributed by atoms with Gasteiger partial charge in [-0.1, -0.05) is 30.3 Å². The van der Waals surface area contributed by atoms with Crippen LogP contribution in [-0.4, -0.2) is 36.2 Å². The molecule has 2 aromatic carbocycles. The molecule has 0 unspecified atom stereocenters. The molecule has 3 aromatic rings. The molecule has 150 valence electrons. The quantitative estimate of drug-likeness (QED) is 0.656.